The number of hydrogen-bond acceptors (Lipinski definition) is 7. The van der Waals surface area contributed by atoms with Gasteiger partial charge in [-0.25, -0.2) is 0 Å². The maximum absolute atomic E-state index is 8.96. The standard InChI is InChI=1S/C12H26O.C6H14O6/c1-2-3-4-5-6-7-8-9-10-11-12-13;7-1-3(9)5(11)6(12)4(10)2-8/h13H,2-12H2,1H3;3-12H,1-2H2. The number of aliphatic hydroxyl groups excluding tert-OH is 7. The number of aliphatic hydroxyl groups is 7. The topological polar surface area (TPSA) is 142 Å². The Kier molecular flexibility index (Phi) is 21.6. The maximum Gasteiger partial charge on any atom is 0.111 e. The summed E-state index contributed by atoms with van der Waals surface area (Å²) in [6.07, 6.45) is 6.91. The van der Waals surface area contributed by atoms with Gasteiger partial charge >= 0.3 is 0 Å². The average molecular weight is 369 g/mol. The molecule has 4 unspecified atom stereocenters. The van der Waals surface area contributed by atoms with Crippen LogP contribution < -0.4 is 0 Å². The lowest BCUT2D eigenvalue weighted by molar-refractivity contribution is -0.123. The Labute approximate surface area is 152 Å². The normalized spacial score (nSPS) is 15.8. The van der Waals surface area contributed by atoms with Crippen molar-refractivity contribution in [2.24, 2.45) is 0 Å². The molecule has 0 aromatic heterocycles. The van der Waals surface area contributed by atoms with Gasteiger partial charge in [0.15, 0.2) is 0 Å². The minimum Gasteiger partial charge on any atom is -0.396 e. The highest BCUT2D eigenvalue weighted by molar-refractivity contribution is 4.79. The molecule has 0 fully saturated rings. The summed E-state index contributed by atoms with van der Waals surface area (Å²) in [4.78, 5) is 0. The number of hydrogen-bond donors (Lipinski definition) is 7. The Morgan fingerprint density at radius 2 is 0.840 bits per heavy atom. The van der Waals surface area contributed by atoms with Gasteiger partial charge in [-0.05, 0) is 6.42 Å². The Morgan fingerprint density at radius 1 is 0.520 bits per heavy atom. The van der Waals surface area contributed by atoms with Gasteiger partial charge in [-0.1, -0.05) is 64.7 Å². The van der Waals surface area contributed by atoms with Gasteiger partial charge in [0.25, 0.3) is 0 Å². The van der Waals surface area contributed by atoms with E-state index in [0.29, 0.717) is 6.61 Å². The highest BCUT2D eigenvalue weighted by Crippen LogP contribution is 2.10. The molecular weight excluding hydrogens is 328 g/mol. The first-order chi connectivity index (χ1) is 12.0. The van der Waals surface area contributed by atoms with Crippen LogP contribution in [0.2, 0.25) is 0 Å². The van der Waals surface area contributed by atoms with E-state index in [0.717, 1.165) is 6.42 Å². The van der Waals surface area contributed by atoms with E-state index in [1.54, 1.807) is 0 Å². The molecule has 0 saturated carbocycles. The van der Waals surface area contributed by atoms with Crippen LogP contribution in [0, 0.1) is 0 Å². The van der Waals surface area contributed by atoms with Gasteiger partial charge < -0.3 is 35.7 Å². The zero-order valence-corrected chi connectivity index (χ0v) is 15.6. The van der Waals surface area contributed by atoms with E-state index in [-0.39, 0.29) is 0 Å². The van der Waals surface area contributed by atoms with Crippen molar-refractivity contribution < 1.29 is 35.7 Å². The van der Waals surface area contributed by atoms with Gasteiger partial charge in [0.1, 0.15) is 24.4 Å². The molecule has 0 spiro atoms. The van der Waals surface area contributed by atoms with Crippen molar-refractivity contribution in [1.82, 2.24) is 0 Å². The second-order valence-electron chi connectivity index (χ2n) is 6.39. The molecule has 0 aliphatic heterocycles. The van der Waals surface area contributed by atoms with Gasteiger partial charge in [-0.15, -0.1) is 0 Å². The zero-order chi connectivity index (χ0) is 19.5. The largest absolute Gasteiger partial charge is 0.396 e. The van der Waals surface area contributed by atoms with Gasteiger partial charge in [0, 0.05) is 6.61 Å². The second-order valence-corrected chi connectivity index (χ2v) is 6.39. The molecule has 0 rings (SSSR count). The lowest BCUT2D eigenvalue weighted by Gasteiger charge is -2.24. The minimum absolute atomic E-state index is 0.372. The summed E-state index contributed by atoms with van der Waals surface area (Å²) in [7, 11) is 0. The molecule has 0 amide bonds. The van der Waals surface area contributed by atoms with Crippen molar-refractivity contribution in [2.45, 2.75) is 95.5 Å². The van der Waals surface area contributed by atoms with Gasteiger partial charge in [-0.2, -0.15) is 0 Å². The van der Waals surface area contributed by atoms with E-state index in [9.17, 15) is 0 Å². The van der Waals surface area contributed by atoms with E-state index in [1.165, 1.54) is 57.8 Å². The van der Waals surface area contributed by atoms with E-state index < -0.39 is 37.6 Å². The van der Waals surface area contributed by atoms with Crippen LogP contribution in [0.5, 0.6) is 0 Å². The SMILES string of the molecule is CCCCCCCCCCCCO.OCC(O)C(O)C(O)C(O)CO. The molecule has 0 aromatic rings. The molecule has 7 nitrogen and oxygen atoms in total. The molecular formula is C18H40O7. The molecule has 7 N–H and O–H groups in total. The van der Waals surface area contributed by atoms with Crippen LogP contribution in [0.3, 0.4) is 0 Å². The zero-order valence-electron chi connectivity index (χ0n) is 15.6. The summed E-state index contributed by atoms with van der Waals surface area (Å²) >= 11 is 0. The molecule has 0 aromatic carbocycles. The molecule has 4 atom stereocenters. The van der Waals surface area contributed by atoms with Crippen LogP contribution in [0.25, 0.3) is 0 Å². The molecule has 0 heterocycles. The Balaban J connectivity index is 0. The van der Waals surface area contributed by atoms with Crippen molar-refractivity contribution >= 4 is 0 Å². The fraction of sp³-hybridized carbons (Fsp3) is 1.00. The highest BCUT2D eigenvalue weighted by Gasteiger charge is 2.29. The summed E-state index contributed by atoms with van der Waals surface area (Å²) in [5.41, 5.74) is 0. The predicted molar refractivity (Wildman–Crippen MR) is 97.1 cm³/mol. The molecule has 0 bridgehead atoms. The van der Waals surface area contributed by atoms with E-state index in [2.05, 4.69) is 6.92 Å². The molecule has 0 aliphatic carbocycles. The number of rotatable bonds is 15. The summed E-state index contributed by atoms with van der Waals surface area (Å²) in [6.45, 7) is 1.18. The number of unbranched alkanes of at least 4 members (excludes halogenated alkanes) is 9. The van der Waals surface area contributed by atoms with E-state index >= 15 is 0 Å². The molecule has 25 heavy (non-hydrogen) atoms. The Bertz CT molecular complexity index is 230. The second kappa shape index (κ2) is 20.0. The molecule has 0 aliphatic rings. The average Bonchev–Trinajstić information content (AvgIpc) is 2.64. The first-order valence-electron chi connectivity index (χ1n) is 9.51. The smallest absolute Gasteiger partial charge is 0.111 e. The maximum atomic E-state index is 8.96. The summed E-state index contributed by atoms with van der Waals surface area (Å²) in [5.74, 6) is 0. The highest BCUT2D eigenvalue weighted by atomic mass is 16.4. The lowest BCUT2D eigenvalue weighted by Crippen LogP contribution is -2.46. The van der Waals surface area contributed by atoms with E-state index in [1.807, 2.05) is 0 Å². The third kappa shape index (κ3) is 16.9. The van der Waals surface area contributed by atoms with Crippen LogP contribution in [-0.4, -0.2) is 80.0 Å². The first kappa shape index (κ1) is 26.9. The van der Waals surface area contributed by atoms with Gasteiger partial charge in [0.05, 0.1) is 13.2 Å². The van der Waals surface area contributed by atoms with Crippen LogP contribution >= 0.6 is 0 Å². The Morgan fingerprint density at radius 3 is 1.12 bits per heavy atom. The van der Waals surface area contributed by atoms with E-state index in [4.69, 9.17) is 35.7 Å². The molecule has 0 radical (unpaired) electrons. The monoisotopic (exact) mass is 368 g/mol. The van der Waals surface area contributed by atoms with Crippen LogP contribution in [-0.2, 0) is 0 Å². The summed E-state index contributed by atoms with van der Waals surface area (Å²) < 4.78 is 0. The summed E-state index contributed by atoms with van der Waals surface area (Å²) in [6, 6.07) is 0. The summed E-state index contributed by atoms with van der Waals surface area (Å²) in [5, 5.41) is 60.7. The van der Waals surface area contributed by atoms with Crippen molar-refractivity contribution in [3.63, 3.8) is 0 Å². The molecule has 154 valence electrons. The molecule has 0 saturated heterocycles. The predicted octanol–water partition coefficient (Wildman–Crippen LogP) is 0.314. The fourth-order valence-corrected chi connectivity index (χ4v) is 2.27. The first-order valence-corrected chi connectivity index (χ1v) is 9.51. The quantitative estimate of drug-likeness (QED) is 0.206. The minimum atomic E-state index is -1.67. The third-order valence-electron chi connectivity index (χ3n) is 4.02. The van der Waals surface area contributed by atoms with Gasteiger partial charge in [-0.3, -0.25) is 0 Å². The van der Waals surface area contributed by atoms with Crippen LogP contribution in [0.1, 0.15) is 71.1 Å². The van der Waals surface area contributed by atoms with Crippen molar-refractivity contribution in [1.29, 1.82) is 0 Å². The van der Waals surface area contributed by atoms with Crippen molar-refractivity contribution in [3.05, 3.63) is 0 Å². The van der Waals surface area contributed by atoms with Gasteiger partial charge in [0.2, 0.25) is 0 Å². The van der Waals surface area contributed by atoms with Crippen molar-refractivity contribution in [3.8, 4) is 0 Å². The third-order valence-corrected chi connectivity index (χ3v) is 4.02. The lowest BCUT2D eigenvalue weighted by atomic mass is 10.0. The molecule has 7 heteroatoms. The van der Waals surface area contributed by atoms with Crippen LogP contribution in [0.15, 0.2) is 0 Å². The Hall–Kier alpha value is -0.280. The van der Waals surface area contributed by atoms with Crippen LogP contribution in [0.4, 0.5) is 0 Å². The fourth-order valence-electron chi connectivity index (χ4n) is 2.27. The van der Waals surface area contributed by atoms with Crippen molar-refractivity contribution in [2.75, 3.05) is 19.8 Å².